The van der Waals surface area contributed by atoms with Crippen molar-refractivity contribution in [1.29, 1.82) is 0 Å². The van der Waals surface area contributed by atoms with Crippen molar-refractivity contribution in [1.82, 2.24) is 0 Å². The van der Waals surface area contributed by atoms with Crippen molar-refractivity contribution >= 4 is 21.4 Å². The molecule has 0 atom stereocenters. The molecule has 1 aromatic carbocycles. The summed E-state index contributed by atoms with van der Waals surface area (Å²) in [6, 6.07) is 6.57. The molecule has 0 bridgehead atoms. The fourth-order valence-electron chi connectivity index (χ4n) is 1.86. The Morgan fingerprint density at radius 3 is 2.63 bits per heavy atom. The SMILES string of the molecule is CN(Cc1ccoc1)c1cccc(S(N)(=O)=O)c1N. The molecule has 0 aliphatic heterocycles. The molecule has 0 fully saturated rings. The van der Waals surface area contributed by atoms with E-state index < -0.39 is 10.0 Å². The monoisotopic (exact) mass is 281 g/mol. The summed E-state index contributed by atoms with van der Waals surface area (Å²) >= 11 is 0. The number of hydrogen-bond acceptors (Lipinski definition) is 5. The summed E-state index contributed by atoms with van der Waals surface area (Å²) in [5, 5.41) is 5.12. The molecular formula is C12H15N3O3S. The zero-order chi connectivity index (χ0) is 14.0. The molecule has 0 amide bonds. The van der Waals surface area contributed by atoms with Crippen LogP contribution in [0.3, 0.4) is 0 Å². The van der Waals surface area contributed by atoms with Crippen LogP contribution in [0.2, 0.25) is 0 Å². The third-order valence-electron chi connectivity index (χ3n) is 2.76. The maximum Gasteiger partial charge on any atom is 0.240 e. The molecule has 0 aliphatic carbocycles. The van der Waals surface area contributed by atoms with Crippen LogP contribution in [-0.4, -0.2) is 15.5 Å². The maximum atomic E-state index is 11.4. The molecule has 7 heteroatoms. The molecule has 0 saturated carbocycles. The van der Waals surface area contributed by atoms with E-state index >= 15 is 0 Å². The minimum Gasteiger partial charge on any atom is -0.472 e. The fraction of sp³-hybridized carbons (Fsp3) is 0.167. The van der Waals surface area contributed by atoms with Crippen LogP contribution in [-0.2, 0) is 16.6 Å². The van der Waals surface area contributed by atoms with E-state index in [0.29, 0.717) is 12.2 Å². The number of furan rings is 1. The van der Waals surface area contributed by atoms with Crippen molar-refractivity contribution in [3.05, 3.63) is 42.4 Å². The van der Waals surface area contributed by atoms with Gasteiger partial charge in [-0.25, -0.2) is 13.6 Å². The third-order valence-corrected chi connectivity index (χ3v) is 3.73. The Bertz CT molecular complexity index is 666. The van der Waals surface area contributed by atoms with Crippen LogP contribution in [0.15, 0.2) is 46.1 Å². The summed E-state index contributed by atoms with van der Waals surface area (Å²) < 4.78 is 27.8. The molecule has 1 aromatic heterocycles. The highest BCUT2D eigenvalue weighted by Gasteiger charge is 2.16. The summed E-state index contributed by atoms with van der Waals surface area (Å²) in [4.78, 5) is 1.76. The van der Waals surface area contributed by atoms with Gasteiger partial charge in [-0.2, -0.15) is 0 Å². The van der Waals surface area contributed by atoms with Crippen molar-refractivity contribution in [2.24, 2.45) is 5.14 Å². The first-order chi connectivity index (χ1) is 8.89. The van der Waals surface area contributed by atoms with Gasteiger partial charge < -0.3 is 15.1 Å². The number of rotatable bonds is 4. The number of nitrogen functional groups attached to an aromatic ring is 1. The molecule has 102 valence electrons. The quantitative estimate of drug-likeness (QED) is 0.818. The van der Waals surface area contributed by atoms with E-state index in [0.717, 1.165) is 5.56 Å². The van der Waals surface area contributed by atoms with Crippen LogP contribution in [0.25, 0.3) is 0 Å². The topological polar surface area (TPSA) is 103 Å². The highest BCUT2D eigenvalue weighted by Crippen LogP contribution is 2.29. The normalized spacial score (nSPS) is 11.5. The van der Waals surface area contributed by atoms with E-state index in [2.05, 4.69) is 0 Å². The Kier molecular flexibility index (Phi) is 3.50. The van der Waals surface area contributed by atoms with Gasteiger partial charge in [0.25, 0.3) is 0 Å². The zero-order valence-corrected chi connectivity index (χ0v) is 11.2. The number of sulfonamides is 1. The summed E-state index contributed by atoms with van der Waals surface area (Å²) in [6.07, 6.45) is 3.20. The zero-order valence-electron chi connectivity index (χ0n) is 10.4. The van der Waals surface area contributed by atoms with Gasteiger partial charge in [-0.05, 0) is 18.2 Å². The molecule has 0 aliphatic rings. The van der Waals surface area contributed by atoms with E-state index in [9.17, 15) is 8.42 Å². The van der Waals surface area contributed by atoms with E-state index in [-0.39, 0.29) is 10.6 Å². The van der Waals surface area contributed by atoms with Crippen LogP contribution in [0.4, 0.5) is 11.4 Å². The van der Waals surface area contributed by atoms with Gasteiger partial charge in [0, 0.05) is 19.2 Å². The van der Waals surface area contributed by atoms with Gasteiger partial charge in [-0.3, -0.25) is 0 Å². The van der Waals surface area contributed by atoms with Crippen molar-refractivity contribution in [3.8, 4) is 0 Å². The number of nitrogens with two attached hydrogens (primary N) is 2. The predicted molar refractivity (Wildman–Crippen MR) is 73.0 cm³/mol. The van der Waals surface area contributed by atoms with Gasteiger partial charge in [0.05, 0.1) is 23.9 Å². The number of para-hydroxylation sites is 1. The van der Waals surface area contributed by atoms with Crippen molar-refractivity contribution in [2.75, 3.05) is 17.7 Å². The summed E-state index contributed by atoms with van der Waals surface area (Å²) in [5.74, 6) is 0. The average Bonchev–Trinajstić information content (AvgIpc) is 2.80. The fourth-order valence-corrected chi connectivity index (χ4v) is 2.53. The molecule has 0 saturated heterocycles. The second kappa shape index (κ2) is 4.94. The second-order valence-corrected chi connectivity index (χ2v) is 5.75. The van der Waals surface area contributed by atoms with E-state index in [1.807, 2.05) is 18.0 Å². The van der Waals surface area contributed by atoms with Crippen LogP contribution in [0.5, 0.6) is 0 Å². The van der Waals surface area contributed by atoms with Gasteiger partial charge in [0.1, 0.15) is 4.90 Å². The molecule has 1 heterocycles. The van der Waals surface area contributed by atoms with Gasteiger partial charge in [0.15, 0.2) is 0 Å². The molecule has 2 rings (SSSR count). The first-order valence-electron chi connectivity index (χ1n) is 5.53. The Hall–Kier alpha value is -1.99. The number of nitrogens with zero attached hydrogens (tertiary/aromatic N) is 1. The van der Waals surface area contributed by atoms with Crippen LogP contribution >= 0.6 is 0 Å². The minimum atomic E-state index is -3.82. The summed E-state index contributed by atoms with van der Waals surface area (Å²) in [6.45, 7) is 0.550. The molecule has 19 heavy (non-hydrogen) atoms. The second-order valence-electron chi connectivity index (χ2n) is 4.22. The highest BCUT2D eigenvalue weighted by atomic mass is 32.2. The molecular weight excluding hydrogens is 266 g/mol. The number of benzene rings is 1. The molecule has 2 aromatic rings. The highest BCUT2D eigenvalue weighted by molar-refractivity contribution is 7.89. The Labute approximate surface area is 111 Å². The molecule has 4 N–H and O–H groups in total. The Balaban J connectivity index is 2.35. The first kappa shape index (κ1) is 13.4. The van der Waals surface area contributed by atoms with Crippen LogP contribution in [0.1, 0.15) is 5.56 Å². The molecule has 6 nitrogen and oxygen atoms in total. The Morgan fingerprint density at radius 2 is 2.05 bits per heavy atom. The lowest BCUT2D eigenvalue weighted by Gasteiger charge is -2.21. The van der Waals surface area contributed by atoms with Crippen molar-refractivity contribution in [2.45, 2.75) is 11.4 Å². The lowest BCUT2D eigenvalue weighted by molar-refractivity contribution is 0.563. The van der Waals surface area contributed by atoms with Gasteiger partial charge in [-0.15, -0.1) is 0 Å². The number of primary sulfonamides is 1. The lowest BCUT2D eigenvalue weighted by Crippen LogP contribution is -2.20. The van der Waals surface area contributed by atoms with Crippen molar-refractivity contribution < 1.29 is 12.8 Å². The van der Waals surface area contributed by atoms with Crippen LogP contribution in [0, 0.1) is 0 Å². The standard InChI is InChI=1S/C12H15N3O3S/c1-15(7-9-5-6-18-8-9)10-3-2-4-11(12(10)13)19(14,16)17/h2-6,8H,7,13H2,1H3,(H2,14,16,17). The average molecular weight is 281 g/mol. The molecule has 0 unspecified atom stereocenters. The number of anilines is 2. The van der Waals surface area contributed by atoms with Gasteiger partial charge in [-0.1, -0.05) is 6.07 Å². The van der Waals surface area contributed by atoms with Gasteiger partial charge in [0.2, 0.25) is 10.0 Å². The summed E-state index contributed by atoms with van der Waals surface area (Å²) in [7, 11) is -2.01. The molecule has 0 radical (unpaired) electrons. The Morgan fingerprint density at radius 1 is 1.32 bits per heavy atom. The van der Waals surface area contributed by atoms with E-state index in [1.54, 1.807) is 24.7 Å². The largest absolute Gasteiger partial charge is 0.472 e. The van der Waals surface area contributed by atoms with E-state index in [1.165, 1.54) is 6.07 Å². The lowest BCUT2D eigenvalue weighted by atomic mass is 10.2. The van der Waals surface area contributed by atoms with Crippen LogP contribution < -0.4 is 15.8 Å². The predicted octanol–water partition coefficient (Wildman–Crippen LogP) is 1.15. The smallest absolute Gasteiger partial charge is 0.240 e. The summed E-state index contributed by atoms with van der Waals surface area (Å²) in [5.41, 5.74) is 7.59. The van der Waals surface area contributed by atoms with Crippen molar-refractivity contribution in [3.63, 3.8) is 0 Å². The number of hydrogen-bond donors (Lipinski definition) is 2. The van der Waals surface area contributed by atoms with Gasteiger partial charge >= 0.3 is 0 Å². The minimum absolute atomic E-state index is 0.0657. The molecule has 0 spiro atoms. The van der Waals surface area contributed by atoms with E-state index in [4.69, 9.17) is 15.3 Å². The third kappa shape index (κ3) is 2.88. The first-order valence-corrected chi connectivity index (χ1v) is 7.07. The maximum absolute atomic E-state index is 11.4.